The molecule has 1 fully saturated rings. The minimum absolute atomic E-state index is 0.0261. The van der Waals surface area contributed by atoms with Crippen molar-refractivity contribution >= 4 is 17.5 Å². The number of methoxy groups -OCH3 is 2. The van der Waals surface area contributed by atoms with Gasteiger partial charge in [-0.1, -0.05) is 24.3 Å². The zero-order valence-electron chi connectivity index (χ0n) is 16.3. The first-order valence-corrected chi connectivity index (χ1v) is 9.45. The Morgan fingerprint density at radius 1 is 1.00 bits per heavy atom. The highest BCUT2D eigenvalue weighted by atomic mass is 16.5. The number of benzene rings is 2. The fourth-order valence-corrected chi connectivity index (χ4v) is 3.43. The Morgan fingerprint density at radius 3 is 2.32 bits per heavy atom. The van der Waals surface area contributed by atoms with E-state index < -0.39 is 0 Å². The summed E-state index contributed by atoms with van der Waals surface area (Å²) in [4.78, 5) is 26.9. The largest absolute Gasteiger partial charge is 0.493 e. The average Bonchev–Trinajstić information content (AvgIpc) is 2.74. The van der Waals surface area contributed by atoms with E-state index in [1.165, 1.54) is 0 Å². The number of likely N-dealkylation sites (tertiary alicyclic amines) is 1. The molecule has 1 N–H and O–H groups in total. The molecule has 6 heteroatoms. The molecule has 0 aliphatic carbocycles. The van der Waals surface area contributed by atoms with Crippen molar-refractivity contribution in [3.8, 4) is 11.5 Å². The van der Waals surface area contributed by atoms with E-state index in [4.69, 9.17) is 9.47 Å². The molecular formula is C22H26N2O4. The number of carbonyl (C=O) groups excluding carboxylic acids is 2. The predicted octanol–water partition coefficient (Wildman–Crippen LogP) is 3.12. The van der Waals surface area contributed by atoms with Gasteiger partial charge < -0.3 is 19.7 Å². The van der Waals surface area contributed by atoms with Gasteiger partial charge in [-0.25, -0.2) is 0 Å². The minimum atomic E-state index is -0.0645. The summed E-state index contributed by atoms with van der Waals surface area (Å²) in [6, 6.07) is 15.0. The van der Waals surface area contributed by atoms with Crippen molar-refractivity contribution in [2.24, 2.45) is 5.92 Å². The van der Waals surface area contributed by atoms with Crippen molar-refractivity contribution in [1.29, 1.82) is 0 Å². The van der Waals surface area contributed by atoms with Gasteiger partial charge in [-0.2, -0.15) is 0 Å². The summed E-state index contributed by atoms with van der Waals surface area (Å²) < 4.78 is 10.5. The molecule has 1 aliphatic heterocycles. The molecule has 0 atom stereocenters. The molecule has 28 heavy (non-hydrogen) atoms. The Labute approximate surface area is 165 Å². The lowest BCUT2D eigenvalue weighted by atomic mass is 9.95. The van der Waals surface area contributed by atoms with Crippen LogP contribution >= 0.6 is 0 Å². The Bertz CT molecular complexity index is 815. The van der Waals surface area contributed by atoms with Crippen molar-refractivity contribution in [1.82, 2.24) is 4.90 Å². The molecule has 0 bridgehead atoms. The quantitative estimate of drug-likeness (QED) is 0.834. The monoisotopic (exact) mass is 382 g/mol. The van der Waals surface area contributed by atoms with E-state index in [-0.39, 0.29) is 17.7 Å². The van der Waals surface area contributed by atoms with Crippen molar-refractivity contribution in [3.05, 3.63) is 54.1 Å². The molecule has 0 saturated carbocycles. The van der Waals surface area contributed by atoms with Crippen LogP contribution in [0.4, 0.5) is 5.69 Å². The van der Waals surface area contributed by atoms with E-state index >= 15 is 0 Å². The second-order valence-corrected chi connectivity index (χ2v) is 6.88. The summed E-state index contributed by atoms with van der Waals surface area (Å²) in [6.07, 6.45) is 1.66. The van der Waals surface area contributed by atoms with Crippen LogP contribution in [0.1, 0.15) is 18.4 Å². The molecule has 1 saturated heterocycles. The first kappa shape index (κ1) is 19.7. The Kier molecular flexibility index (Phi) is 6.53. The second-order valence-electron chi connectivity index (χ2n) is 6.88. The molecule has 0 aromatic heterocycles. The molecule has 3 rings (SSSR count). The van der Waals surface area contributed by atoms with Crippen molar-refractivity contribution in [2.45, 2.75) is 19.3 Å². The number of ether oxygens (including phenoxy) is 2. The number of anilines is 1. The average molecular weight is 382 g/mol. The zero-order chi connectivity index (χ0) is 19.9. The number of nitrogens with one attached hydrogen (secondary N) is 1. The number of amides is 2. The van der Waals surface area contributed by atoms with E-state index in [0.717, 1.165) is 11.3 Å². The van der Waals surface area contributed by atoms with Gasteiger partial charge in [0.05, 0.1) is 20.6 Å². The topological polar surface area (TPSA) is 67.9 Å². The highest BCUT2D eigenvalue weighted by molar-refractivity contribution is 5.92. The molecule has 2 aromatic rings. The lowest BCUT2D eigenvalue weighted by Crippen LogP contribution is -2.42. The van der Waals surface area contributed by atoms with Crippen molar-refractivity contribution in [3.63, 3.8) is 0 Å². The summed E-state index contributed by atoms with van der Waals surface area (Å²) in [5.74, 6) is 1.28. The number of piperidine rings is 1. The zero-order valence-corrected chi connectivity index (χ0v) is 16.3. The third kappa shape index (κ3) is 4.82. The van der Waals surface area contributed by atoms with Gasteiger partial charge in [0.2, 0.25) is 11.8 Å². The van der Waals surface area contributed by atoms with Crippen molar-refractivity contribution < 1.29 is 19.1 Å². The molecule has 148 valence electrons. The molecular weight excluding hydrogens is 356 g/mol. The van der Waals surface area contributed by atoms with Crippen LogP contribution in [0.25, 0.3) is 0 Å². The Hall–Kier alpha value is -3.02. The van der Waals surface area contributed by atoms with Gasteiger partial charge in [-0.05, 0) is 42.7 Å². The van der Waals surface area contributed by atoms with Crippen LogP contribution in [0.3, 0.4) is 0 Å². The summed E-state index contributed by atoms with van der Waals surface area (Å²) >= 11 is 0. The van der Waals surface area contributed by atoms with Gasteiger partial charge in [0.25, 0.3) is 0 Å². The van der Waals surface area contributed by atoms with Gasteiger partial charge in [0, 0.05) is 24.7 Å². The standard InChI is InChI=1S/C22H26N2O4/c1-27-19-9-8-16(14-20(19)28-2)15-21(25)24-12-10-17(11-13-24)22(26)23-18-6-4-3-5-7-18/h3-9,14,17H,10-13,15H2,1-2H3,(H,23,26). The van der Waals surface area contributed by atoms with Gasteiger partial charge in [-0.15, -0.1) is 0 Å². The van der Waals surface area contributed by atoms with E-state index in [0.29, 0.717) is 43.9 Å². The van der Waals surface area contributed by atoms with Gasteiger partial charge in [0.1, 0.15) is 0 Å². The first-order valence-electron chi connectivity index (χ1n) is 9.45. The molecule has 0 unspecified atom stereocenters. The van der Waals surface area contributed by atoms with E-state index in [1.807, 2.05) is 53.4 Å². The maximum absolute atomic E-state index is 12.6. The SMILES string of the molecule is COc1ccc(CC(=O)N2CCC(C(=O)Nc3ccccc3)CC2)cc1OC. The Balaban J connectivity index is 1.52. The summed E-state index contributed by atoms with van der Waals surface area (Å²) in [6.45, 7) is 1.19. The molecule has 0 radical (unpaired) electrons. The lowest BCUT2D eigenvalue weighted by Gasteiger charge is -2.31. The molecule has 2 aromatic carbocycles. The second kappa shape index (κ2) is 9.26. The highest BCUT2D eigenvalue weighted by Gasteiger charge is 2.27. The Morgan fingerprint density at radius 2 is 1.68 bits per heavy atom. The number of para-hydroxylation sites is 1. The van der Waals surface area contributed by atoms with Crippen LogP contribution in [-0.2, 0) is 16.0 Å². The maximum atomic E-state index is 12.6. The molecule has 6 nitrogen and oxygen atoms in total. The summed E-state index contributed by atoms with van der Waals surface area (Å²) in [5, 5.41) is 2.95. The molecule has 2 amide bonds. The van der Waals surface area contributed by atoms with Crippen LogP contribution in [0.2, 0.25) is 0 Å². The number of rotatable bonds is 6. The minimum Gasteiger partial charge on any atom is -0.493 e. The predicted molar refractivity (Wildman–Crippen MR) is 108 cm³/mol. The van der Waals surface area contributed by atoms with Gasteiger partial charge in [0.15, 0.2) is 11.5 Å². The number of nitrogens with zero attached hydrogens (tertiary/aromatic N) is 1. The number of carbonyl (C=O) groups is 2. The van der Waals surface area contributed by atoms with E-state index in [9.17, 15) is 9.59 Å². The van der Waals surface area contributed by atoms with Crippen LogP contribution in [-0.4, -0.2) is 44.0 Å². The smallest absolute Gasteiger partial charge is 0.227 e. The highest BCUT2D eigenvalue weighted by Crippen LogP contribution is 2.28. The summed E-state index contributed by atoms with van der Waals surface area (Å²) in [5.41, 5.74) is 1.69. The third-order valence-corrected chi connectivity index (χ3v) is 5.06. The van der Waals surface area contributed by atoms with Crippen LogP contribution in [0, 0.1) is 5.92 Å². The van der Waals surface area contributed by atoms with Crippen LogP contribution in [0.5, 0.6) is 11.5 Å². The normalized spacial score (nSPS) is 14.4. The molecule has 1 aliphatic rings. The summed E-state index contributed by atoms with van der Waals surface area (Å²) in [7, 11) is 3.16. The maximum Gasteiger partial charge on any atom is 0.227 e. The van der Waals surface area contributed by atoms with Crippen LogP contribution < -0.4 is 14.8 Å². The fraction of sp³-hybridized carbons (Fsp3) is 0.364. The number of hydrogen-bond acceptors (Lipinski definition) is 4. The fourth-order valence-electron chi connectivity index (χ4n) is 3.43. The van der Waals surface area contributed by atoms with Crippen LogP contribution in [0.15, 0.2) is 48.5 Å². The molecule has 0 spiro atoms. The third-order valence-electron chi connectivity index (χ3n) is 5.06. The van der Waals surface area contributed by atoms with Gasteiger partial charge in [-0.3, -0.25) is 9.59 Å². The first-order chi connectivity index (χ1) is 13.6. The van der Waals surface area contributed by atoms with Crippen molar-refractivity contribution in [2.75, 3.05) is 32.6 Å². The van der Waals surface area contributed by atoms with E-state index in [1.54, 1.807) is 14.2 Å². The number of hydrogen-bond donors (Lipinski definition) is 1. The molecule has 1 heterocycles. The van der Waals surface area contributed by atoms with E-state index in [2.05, 4.69) is 5.32 Å². The lowest BCUT2D eigenvalue weighted by molar-refractivity contribution is -0.133. The van der Waals surface area contributed by atoms with Gasteiger partial charge >= 0.3 is 0 Å².